The molecule has 2 aromatic rings. The lowest BCUT2D eigenvalue weighted by molar-refractivity contribution is 0.0941. The first-order valence-corrected chi connectivity index (χ1v) is 6.54. The molecule has 0 fully saturated rings. The lowest BCUT2D eigenvalue weighted by atomic mass is 10.2. The Labute approximate surface area is 117 Å². The summed E-state index contributed by atoms with van der Waals surface area (Å²) in [6.45, 7) is 1.24. The third-order valence-corrected chi connectivity index (χ3v) is 3.41. The molecule has 5 heteroatoms. The van der Waals surface area contributed by atoms with Crippen LogP contribution in [-0.2, 0) is 11.8 Å². The van der Waals surface area contributed by atoms with Crippen molar-refractivity contribution >= 4 is 28.4 Å². The van der Waals surface area contributed by atoms with Crippen molar-refractivity contribution in [2.24, 2.45) is 7.05 Å². The van der Waals surface area contributed by atoms with Gasteiger partial charge in [0.05, 0.1) is 0 Å². The van der Waals surface area contributed by atoms with E-state index in [2.05, 4.69) is 5.32 Å². The van der Waals surface area contributed by atoms with E-state index < -0.39 is 0 Å². The molecule has 0 saturated carbocycles. The molecule has 0 aliphatic rings. The highest BCUT2D eigenvalue weighted by atomic mass is 35.5. The number of nitrogens with zero attached hydrogens (tertiary/aromatic N) is 1. The number of ether oxygens (including phenoxy) is 1. The fourth-order valence-electron chi connectivity index (χ4n) is 2.05. The van der Waals surface area contributed by atoms with Gasteiger partial charge in [-0.15, -0.1) is 0 Å². The van der Waals surface area contributed by atoms with Crippen LogP contribution in [0.3, 0.4) is 0 Å². The molecule has 1 N–H and O–H groups in total. The van der Waals surface area contributed by atoms with Gasteiger partial charge in [-0.2, -0.15) is 0 Å². The number of aryl methyl sites for hydroxylation is 1. The van der Waals surface area contributed by atoms with Gasteiger partial charge in [0.25, 0.3) is 5.91 Å². The van der Waals surface area contributed by atoms with E-state index in [4.69, 9.17) is 16.3 Å². The first-order valence-electron chi connectivity index (χ1n) is 6.16. The van der Waals surface area contributed by atoms with Crippen LogP contribution < -0.4 is 5.32 Å². The molecule has 0 aliphatic heterocycles. The number of nitrogens with one attached hydrogen (secondary N) is 1. The SMILES string of the molecule is COCCCNC(=O)c1cc2c(Cl)cccc2n1C. The number of hydrogen-bond donors (Lipinski definition) is 1. The quantitative estimate of drug-likeness (QED) is 0.856. The zero-order chi connectivity index (χ0) is 13.8. The molecule has 0 radical (unpaired) electrons. The summed E-state index contributed by atoms with van der Waals surface area (Å²) in [7, 11) is 3.51. The maximum absolute atomic E-state index is 12.1. The number of rotatable bonds is 5. The number of aromatic nitrogens is 1. The normalized spacial score (nSPS) is 10.9. The van der Waals surface area contributed by atoms with Crippen LogP contribution in [0, 0.1) is 0 Å². The molecule has 4 nitrogen and oxygen atoms in total. The number of carbonyl (C=O) groups is 1. The third kappa shape index (κ3) is 2.91. The highest BCUT2D eigenvalue weighted by Gasteiger charge is 2.14. The van der Waals surface area contributed by atoms with Crippen LogP contribution in [0.2, 0.25) is 5.02 Å². The minimum atomic E-state index is -0.0918. The standard InChI is InChI=1S/C14H17ClN2O2/c1-17-12-6-3-5-11(15)10(12)9-13(17)14(18)16-7-4-8-19-2/h3,5-6,9H,4,7-8H2,1-2H3,(H,16,18). The van der Waals surface area contributed by atoms with Crippen LogP contribution in [0.1, 0.15) is 16.9 Å². The maximum Gasteiger partial charge on any atom is 0.267 e. The summed E-state index contributed by atoms with van der Waals surface area (Å²) in [5, 5.41) is 4.43. The predicted octanol–water partition coefficient (Wildman–Crippen LogP) is 2.60. The molecular weight excluding hydrogens is 264 g/mol. The van der Waals surface area contributed by atoms with E-state index >= 15 is 0 Å². The van der Waals surface area contributed by atoms with Crippen molar-refractivity contribution in [3.05, 3.63) is 35.0 Å². The molecule has 19 heavy (non-hydrogen) atoms. The van der Waals surface area contributed by atoms with Gasteiger partial charge >= 0.3 is 0 Å². The Morgan fingerprint density at radius 2 is 2.26 bits per heavy atom. The summed E-state index contributed by atoms with van der Waals surface area (Å²) in [5.74, 6) is -0.0918. The van der Waals surface area contributed by atoms with Gasteiger partial charge in [-0.25, -0.2) is 0 Å². The van der Waals surface area contributed by atoms with Crippen molar-refractivity contribution in [3.63, 3.8) is 0 Å². The zero-order valence-electron chi connectivity index (χ0n) is 11.1. The number of benzene rings is 1. The average molecular weight is 281 g/mol. The molecule has 1 amide bonds. The minimum Gasteiger partial charge on any atom is -0.385 e. The van der Waals surface area contributed by atoms with Gasteiger partial charge in [0, 0.05) is 43.2 Å². The Bertz CT molecular complexity index is 592. The van der Waals surface area contributed by atoms with Crippen molar-refractivity contribution in [1.82, 2.24) is 9.88 Å². The molecular formula is C14H17ClN2O2. The van der Waals surface area contributed by atoms with E-state index in [9.17, 15) is 4.79 Å². The summed E-state index contributed by atoms with van der Waals surface area (Å²) < 4.78 is 6.80. The van der Waals surface area contributed by atoms with E-state index in [0.717, 1.165) is 17.3 Å². The summed E-state index contributed by atoms with van der Waals surface area (Å²) >= 11 is 6.13. The van der Waals surface area contributed by atoms with E-state index in [1.54, 1.807) is 7.11 Å². The van der Waals surface area contributed by atoms with Crippen LogP contribution in [0.25, 0.3) is 10.9 Å². The van der Waals surface area contributed by atoms with Gasteiger partial charge in [-0.05, 0) is 24.6 Å². The van der Waals surface area contributed by atoms with Crippen molar-refractivity contribution in [3.8, 4) is 0 Å². The van der Waals surface area contributed by atoms with Crippen molar-refractivity contribution in [2.45, 2.75) is 6.42 Å². The van der Waals surface area contributed by atoms with Gasteiger partial charge in [-0.3, -0.25) is 4.79 Å². The van der Waals surface area contributed by atoms with Crippen LogP contribution in [0.5, 0.6) is 0 Å². The topological polar surface area (TPSA) is 43.3 Å². The number of hydrogen-bond acceptors (Lipinski definition) is 2. The van der Waals surface area contributed by atoms with E-state index in [0.29, 0.717) is 23.9 Å². The molecule has 0 unspecified atom stereocenters. The number of amides is 1. The first kappa shape index (κ1) is 13.9. The predicted molar refractivity (Wildman–Crippen MR) is 76.8 cm³/mol. The summed E-state index contributed by atoms with van der Waals surface area (Å²) in [5.41, 5.74) is 1.56. The van der Waals surface area contributed by atoms with Gasteiger partial charge < -0.3 is 14.6 Å². The van der Waals surface area contributed by atoms with Gasteiger partial charge in [-0.1, -0.05) is 17.7 Å². The van der Waals surface area contributed by atoms with E-state index in [1.807, 2.05) is 35.9 Å². The molecule has 0 aliphatic carbocycles. The smallest absolute Gasteiger partial charge is 0.267 e. The molecule has 0 saturated heterocycles. The molecule has 1 aromatic carbocycles. The second-order valence-electron chi connectivity index (χ2n) is 4.36. The van der Waals surface area contributed by atoms with Gasteiger partial charge in [0.1, 0.15) is 5.69 Å². The Morgan fingerprint density at radius 3 is 2.95 bits per heavy atom. The number of halogens is 1. The van der Waals surface area contributed by atoms with Crippen LogP contribution in [0.4, 0.5) is 0 Å². The van der Waals surface area contributed by atoms with Crippen molar-refractivity contribution < 1.29 is 9.53 Å². The summed E-state index contributed by atoms with van der Waals surface area (Å²) in [6, 6.07) is 7.47. The van der Waals surface area contributed by atoms with Crippen LogP contribution >= 0.6 is 11.6 Å². The highest BCUT2D eigenvalue weighted by molar-refractivity contribution is 6.35. The molecule has 102 valence electrons. The molecule has 1 heterocycles. The Hall–Kier alpha value is -1.52. The second kappa shape index (κ2) is 6.08. The minimum absolute atomic E-state index is 0.0918. The average Bonchev–Trinajstić information content (AvgIpc) is 2.74. The van der Waals surface area contributed by atoms with E-state index in [1.165, 1.54) is 0 Å². The Kier molecular flexibility index (Phi) is 4.45. The zero-order valence-corrected chi connectivity index (χ0v) is 11.8. The monoisotopic (exact) mass is 280 g/mol. The Balaban J connectivity index is 2.18. The Morgan fingerprint density at radius 1 is 1.47 bits per heavy atom. The summed E-state index contributed by atoms with van der Waals surface area (Å²) in [4.78, 5) is 12.1. The second-order valence-corrected chi connectivity index (χ2v) is 4.77. The molecule has 0 spiro atoms. The van der Waals surface area contributed by atoms with E-state index in [-0.39, 0.29) is 5.91 Å². The lowest BCUT2D eigenvalue weighted by Crippen LogP contribution is -2.26. The first-order chi connectivity index (χ1) is 9.15. The fourth-order valence-corrected chi connectivity index (χ4v) is 2.28. The summed E-state index contributed by atoms with van der Waals surface area (Å²) in [6.07, 6.45) is 0.799. The molecule has 0 bridgehead atoms. The largest absolute Gasteiger partial charge is 0.385 e. The molecule has 0 atom stereocenters. The van der Waals surface area contributed by atoms with Crippen molar-refractivity contribution in [1.29, 1.82) is 0 Å². The van der Waals surface area contributed by atoms with Crippen molar-refractivity contribution in [2.75, 3.05) is 20.3 Å². The van der Waals surface area contributed by atoms with Crippen LogP contribution in [-0.4, -0.2) is 30.7 Å². The van der Waals surface area contributed by atoms with Gasteiger partial charge in [0.2, 0.25) is 0 Å². The molecule has 2 rings (SSSR count). The van der Waals surface area contributed by atoms with Gasteiger partial charge in [0.15, 0.2) is 0 Å². The molecule has 1 aromatic heterocycles. The third-order valence-electron chi connectivity index (χ3n) is 3.08. The number of fused-ring (bicyclic) bond motifs is 1. The maximum atomic E-state index is 12.1. The highest BCUT2D eigenvalue weighted by Crippen LogP contribution is 2.26. The van der Waals surface area contributed by atoms with Crippen LogP contribution in [0.15, 0.2) is 24.3 Å². The number of carbonyl (C=O) groups excluding carboxylic acids is 1. The number of methoxy groups -OCH3 is 1. The fraction of sp³-hybridized carbons (Fsp3) is 0.357. The lowest BCUT2D eigenvalue weighted by Gasteiger charge is -2.06.